The number of aliphatic carboxylic acids is 1. The molecule has 21 heavy (non-hydrogen) atoms. The first-order valence-electron chi connectivity index (χ1n) is 7.30. The number of rotatable bonds is 4. The first-order chi connectivity index (χ1) is 9.79. The van der Waals surface area contributed by atoms with Gasteiger partial charge in [-0.15, -0.1) is 0 Å². The summed E-state index contributed by atoms with van der Waals surface area (Å²) >= 11 is 0. The molecule has 1 N–H and O–H groups in total. The zero-order valence-corrected chi connectivity index (χ0v) is 12.6. The normalized spacial score (nSPS) is 36.0. The molecular formula is C16H20NO4-. The molecule has 5 nitrogen and oxygen atoms in total. The second-order valence-electron chi connectivity index (χ2n) is 6.90. The van der Waals surface area contributed by atoms with Crippen LogP contribution in [0.5, 0.6) is 0 Å². The summed E-state index contributed by atoms with van der Waals surface area (Å²) in [5, 5.41) is 14.4. The summed E-state index contributed by atoms with van der Waals surface area (Å²) in [4.78, 5) is 24.0. The van der Waals surface area contributed by atoms with E-state index in [0.29, 0.717) is 12.3 Å². The molecule has 1 amide bonds. The highest BCUT2D eigenvalue weighted by Crippen LogP contribution is 2.86. The number of furan rings is 1. The molecule has 0 unspecified atom stereocenters. The Labute approximate surface area is 123 Å². The highest BCUT2D eigenvalue weighted by molar-refractivity contribution is 5.88. The Kier molecular flexibility index (Phi) is 2.78. The Morgan fingerprint density at radius 2 is 2.14 bits per heavy atom. The molecule has 0 saturated heterocycles. The fraction of sp³-hybridized carbons (Fsp3) is 0.625. The topological polar surface area (TPSA) is 82.4 Å². The molecule has 3 atom stereocenters. The summed E-state index contributed by atoms with van der Waals surface area (Å²) in [6, 6.07) is 3.56. The third-order valence-electron chi connectivity index (χ3n) is 6.36. The first-order valence-corrected chi connectivity index (χ1v) is 7.30. The zero-order chi connectivity index (χ0) is 15.5. The summed E-state index contributed by atoms with van der Waals surface area (Å²) in [5.41, 5.74) is -1.80. The van der Waals surface area contributed by atoms with E-state index in [1.165, 1.54) is 0 Å². The van der Waals surface area contributed by atoms with Crippen molar-refractivity contribution in [3.05, 3.63) is 24.2 Å². The SMILES string of the molecule is CC1(C)[C@@](C)(C(=O)[O-])[C@@]12CC[C@@H]2C(=O)NCc1ccco1. The van der Waals surface area contributed by atoms with Crippen LogP contribution < -0.4 is 10.4 Å². The van der Waals surface area contributed by atoms with Gasteiger partial charge in [-0.2, -0.15) is 0 Å². The molecule has 0 aliphatic heterocycles. The lowest BCUT2D eigenvalue weighted by atomic mass is 9.63. The van der Waals surface area contributed by atoms with Crippen molar-refractivity contribution < 1.29 is 19.1 Å². The van der Waals surface area contributed by atoms with Gasteiger partial charge in [-0.25, -0.2) is 0 Å². The van der Waals surface area contributed by atoms with Gasteiger partial charge in [0, 0.05) is 17.3 Å². The van der Waals surface area contributed by atoms with Crippen molar-refractivity contribution in [1.82, 2.24) is 5.32 Å². The molecule has 5 heteroatoms. The van der Waals surface area contributed by atoms with Crippen molar-refractivity contribution in [1.29, 1.82) is 0 Å². The van der Waals surface area contributed by atoms with Gasteiger partial charge in [-0.1, -0.05) is 20.8 Å². The predicted molar refractivity (Wildman–Crippen MR) is 72.6 cm³/mol. The summed E-state index contributed by atoms with van der Waals surface area (Å²) in [6.07, 6.45) is 3.06. The van der Waals surface area contributed by atoms with Crippen LogP contribution >= 0.6 is 0 Å². The van der Waals surface area contributed by atoms with Crippen LogP contribution in [0.25, 0.3) is 0 Å². The molecular weight excluding hydrogens is 270 g/mol. The standard InChI is InChI=1S/C16H21NO4/c1-14(2)15(3,13(19)20)16(14)7-6-11(16)12(18)17-9-10-5-4-8-21-10/h4-5,8,11H,6-7,9H2,1-3H3,(H,17,18)(H,19,20)/p-1/t11-,15-,16-/m1/s1. The zero-order valence-electron chi connectivity index (χ0n) is 12.6. The molecule has 1 aromatic heterocycles. The molecule has 1 heterocycles. The molecule has 1 aromatic rings. The smallest absolute Gasteiger partial charge is 0.224 e. The average molecular weight is 290 g/mol. The van der Waals surface area contributed by atoms with Crippen LogP contribution in [-0.4, -0.2) is 11.9 Å². The fourth-order valence-electron chi connectivity index (χ4n) is 4.66. The monoisotopic (exact) mass is 290 g/mol. The van der Waals surface area contributed by atoms with Gasteiger partial charge in [0.1, 0.15) is 5.76 Å². The minimum atomic E-state index is -1.05. The van der Waals surface area contributed by atoms with Crippen LogP contribution in [0.2, 0.25) is 0 Å². The van der Waals surface area contributed by atoms with Crippen molar-refractivity contribution >= 4 is 11.9 Å². The van der Waals surface area contributed by atoms with Gasteiger partial charge in [0.25, 0.3) is 0 Å². The van der Waals surface area contributed by atoms with E-state index in [-0.39, 0.29) is 11.8 Å². The highest BCUT2D eigenvalue weighted by atomic mass is 16.4. The van der Waals surface area contributed by atoms with Gasteiger partial charge < -0.3 is 19.6 Å². The summed E-state index contributed by atoms with van der Waals surface area (Å²) < 4.78 is 5.18. The maximum Gasteiger partial charge on any atom is 0.224 e. The molecule has 2 fully saturated rings. The number of amides is 1. The molecule has 0 radical (unpaired) electrons. The van der Waals surface area contributed by atoms with Gasteiger partial charge in [0.2, 0.25) is 5.91 Å². The third-order valence-corrected chi connectivity index (χ3v) is 6.36. The van der Waals surface area contributed by atoms with E-state index in [4.69, 9.17) is 4.42 Å². The molecule has 114 valence electrons. The maximum absolute atomic E-state index is 12.4. The average Bonchev–Trinajstić information content (AvgIpc) is 2.73. The molecule has 3 rings (SSSR count). The lowest BCUT2D eigenvalue weighted by molar-refractivity contribution is -0.316. The van der Waals surface area contributed by atoms with Crippen LogP contribution in [0.15, 0.2) is 22.8 Å². The number of hydrogen-bond donors (Lipinski definition) is 1. The van der Waals surface area contributed by atoms with Crippen LogP contribution in [0.1, 0.15) is 39.4 Å². The molecule has 2 aliphatic rings. The molecule has 2 saturated carbocycles. The van der Waals surface area contributed by atoms with E-state index >= 15 is 0 Å². The number of hydrogen-bond acceptors (Lipinski definition) is 4. The Morgan fingerprint density at radius 1 is 1.43 bits per heavy atom. The first kappa shape index (κ1) is 14.2. The Balaban J connectivity index is 1.73. The molecule has 0 aromatic carbocycles. The van der Waals surface area contributed by atoms with Gasteiger partial charge in [-0.3, -0.25) is 4.79 Å². The van der Waals surface area contributed by atoms with Crippen molar-refractivity contribution in [3.63, 3.8) is 0 Å². The lowest BCUT2D eigenvalue weighted by Gasteiger charge is -2.41. The predicted octanol–water partition coefficient (Wildman–Crippen LogP) is 1.09. The van der Waals surface area contributed by atoms with Gasteiger partial charge in [0.15, 0.2) is 0 Å². The van der Waals surface area contributed by atoms with Crippen LogP contribution in [-0.2, 0) is 16.1 Å². The number of nitrogens with one attached hydrogen (secondary N) is 1. The third kappa shape index (κ3) is 1.46. The fourth-order valence-corrected chi connectivity index (χ4v) is 4.66. The summed E-state index contributed by atoms with van der Waals surface area (Å²) in [5.74, 6) is -0.702. The quantitative estimate of drug-likeness (QED) is 0.899. The number of carbonyl (C=O) groups excluding carboxylic acids is 2. The van der Waals surface area contributed by atoms with E-state index < -0.39 is 22.2 Å². The van der Waals surface area contributed by atoms with E-state index in [9.17, 15) is 14.7 Å². The van der Waals surface area contributed by atoms with Crippen molar-refractivity contribution in [2.24, 2.45) is 22.2 Å². The molecule has 0 bridgehead atoms. The van der Waals surface area contributed by atoms with E-state index in [2.05, 4.69) is 5.32 Å². The van der Waals surface area contributed by atoms with Crippen molar-refractivity contribution in [3.8, 4) is 0 Å². The second-order valence-corrected chi connectivity index (χ2v) is 6.90. The largest absolute Gasteiger partial charge is 0.550 e. The van der Waals surface area contributed by atoms with Crippen LogP contribution in [0, 0.1) is 22.2 Å². The Morgan fingerprint density at radius 3 is 2.57 bits per heavy atom. The molecule has 1 spiro atoms. The van der Waals surface area contributed by atoms with E-state index in [1.54, 1.807) is 25.3 Å². The van der Waals surface area contributed by atoms with E-state index in [1.807, 2.05) is 13.8 Å². The van der Waals surface area contributed by atoms with Crippen LogP contribution in [0.3, 0.4) is 0 Å². The lowest BCUT2D eigenvalue weighted by Crippen LogP contribution is -2.47. The van der Waals surface area contributed by atoms with Crippen molar-refractivity contribution in [2.45, 2.75) is 40.2 Å². The summed E-state index contributed by atoms with van der Waals surface area (Å²) in [6.45, 7) is 5.90. The maximum atomic E-state index is 12.4. The number of carboxylic acid groups (broad SMARTS) is 1. The number of carbonyl (C=O) groups is 2. The minimum Gasteiger partial charge on any atom is -0.550 e. The minimum absolute atomic E-state index is 0.0873. The Bertz CT molecular complexity index is 591. The Hall–Kier alpha value is -1.78. The van der Waals surface area contributed by atoms with Gasteiger partial charge in [0.05, 0.1) is 12.8 Å². The molecule has 2 aliphatic carbocycles. The summed E-state index contributed by atoms with van der Waals surface area (Å²) in [7, 11) is 0. The van der Waals surface area contributed by atoms with Gasteiger partial charge in [-0.05, 0) is 35.8 Å². The number of carboxylic acids is 1. The van der Waals surface area contributed by atoms with E-state index in [0.717, 1.165) is 12.8 Å². The van der Waals surface area contributed by atoms with Crippen LogP contribution in [0.4, 0.5) is 0 Å². The van der Waals surface area contributed by atoms with Gasteiger partial charge >= 0.3 is 0 Å². The van der Waals surface area contributed by atoms with Crippen molar-refractivity contribution in [2.75, 3.05) is 0 Å². The highest BCUT2D eigenvalue weighted by Gasteiger charge is 2.85. The second kappa shape index (κ2) is 4.12.